The summed E-state index contributed by atoms with van der Waals surface area (Å²) in [5.41, 5.74) is -2.13. The summed E-state index contributed by atoms with van der Waals surface area (Å²) >= 11 is 0. The number of rotatable bonds is 4. The van der Waals surface area contributed by atoms with Gasteiger partial charge in [0.25, 0.3) is 0 Å². The fourth-order valence-electron chi connectivity index (χ4n) is 3.76. The largest absolute Gasteiger partial charge is 0.444 e. The van der Waals surface area contributed by atoms with Gasteiger partial charge in [-0.3, -0.25) is 4.79 Å². The van der Waals surface area contributed by atoms with Gasteiger partial charge in [0.15, 0.2) is 0 Å². The molecule has 1 aliphatic heterocycles. The lowest BCUT2D eigenvalue weighted by Crippen LogP contribution is -2.52. The summed E-state index contributed by atoms with van der Waals surface area (Å²) < 4.78 is 16.8. The molecule has 1 N–H and O–H groups in total. The summed E-state index contributed by atoms with van der Waals surface area (Å²) in [6, 6.07) is 0. The van der Waals surface area contributed by atoms with Crippen LogP contribution in [0, 0.1) is 0 Å². The number of carbonyl (C=O) groups is 4. The van der Waals surface area contributed by atoms with Gasteiger partial charge < -0.3 is 39.1 Å². The van der Waals surface area contributed by atoms with Crippen LogP contribution >= 0.6 is 0 Å². The lowest BCUT2D eigenvalue weighted by molar-refractivity contribution is -0.131. The van der Waals surface area contributed by atoms with Crippen LogP contribution in [0.3, 0.4) is 0 Å². The minimum Gasteiger partial charge on any atom is -0.444 e. The summed E-state index contributed by atoms with van der Waals surface area (Å²) in [6.07, 6.45) is -0.577. The SMILES string of the molecule is CNCCCC(=O)N1CCN(C(=O)OC(C)(C)C)CCN(C(=O)OC(C)(C)C)CCN(C(=O)OC(C)(C)C)CC1. The highest BCUT2D eigenvalue weighted by Crippen LogP contribution is 2.15. The van der Waals surface area contributed by atoms with Crippen molar-refractivity contribution in [2.45, 2.75) is 92.0 Å². The Labute approximate surface area is 240 Å². The minimum atomic E-state index is -0.718. The maximum atomic E-state index is 13.1. The smallest absolute Gasteiger partial charge is 0.410 e. The van der Waals surface area contributed by atoms with Crippen molar-refractivity contribution < 1.29 is 33.4 Å². The predicted molar refractivity (Wildman–Crippen MR) is 153 cm³/mol. The Kier molecular flexibility index (Phi) is 13.5. The van der Waals surface area contributed by atoms with E-state index in [9.17, 15) is 19.2 Å². The number of hydrogen-bond acceptors (Lipinski definition) is 8. The van der Waals surface area contributed by atoms with Crippen molar-refractivity contribution in [3.8, 4) is 0 Å². The number of nitrogens with zero attached hydrogens (tertiary/aromatic N) is 4. The van der Waals surface area contributed by atoms with E-state index in [1.165, 1.54) is 14.7 Å². The molecule has 1 aliphatic rings. The quantitative estimate of drug-likeness (QED) is 0.402. The topological polar surface area (TPSA) is 121 Å². The minimum absolute atomic E-state index is 0.0593. The van der Waals surface area contributed by atoms with E-state index in [1.807, 2.05) is 7.05 Å². The van der Waals surface area contributed by atoms with Crippen LogP contribution in [0.2, 0.25) is 0 Å². The molecule has 0 aromatic rings. The van der Waals surface area contributed by atoms with E-state index >= 15 is 0 Å². The second-order valence-electron chi connectivity index (χ2n) is 13.0. The molecule has 0 saturated carbocycles. The van der Waals surface area contributed by atoms with Crippen LogP contribution in [-0.4, -0.2) is 127 Å². The van der Waals surface area contributed by atoms with Crippen LogP contribution in [0.4, 0.5) is 14.4 Å². The average molecular weight is 572 g/mol. The van der Waals surface area contributed by atoms with E-state index in [4.69, 9.17) is 14.2 Å². The molecular weight excluding hydrogens is 518 g/mol. The van der Waals surface area contributed by atoms with E-state index < -0.39 is 35.1 Å². The Morgan fingerprint density at radius 3 is 1.07 bits per heavy atom. The van der Waals surface area contributed by atoms with E-state index in [2.05, 4.69) is 5.32 Å². The summed E-state index contributed by atoms with van der Waals surface area (Å²) in [4.78, 5) is 58.6. The van der Waals surface area contributed by atoms with Crippen molar-refractivity contribution in [2.24, 2.45) is 0 Å². The molecule has 40 heavy (non-hydrogen) atoms. The molecule has 0 aliphatic carbocycles. The molecule has 0 radical (unpaired) electrons. The molecule has 0 aromatic heterocycles. The number of carbonyl (C=O) groups excluding carboxylic acids is 4. The van der Waals surface area contributed by atoms with Crippen molar-refractivity contribution in [3.63, 3.8) is 0 Å². The molecule has 0 spiro atoms. The predicted octanol–water partition coefficient (Wildman–Crippen LogP) is 3.54. The molecule has 12 nitrogen and oxygen atoms in total. The van der Waals surface area contributed by atoms with Crippen LogP contribution < -0.4 is 5.32 Å². The maximum Gasteiger partial charge on any atom is 0.410 e. The molecule has 12 heteroatoms. The molecule has 1 saturated heterocycles. The van der Waals surface area contributed by atoms with Crippen molar-refractivity contribution in [3.05, 3.63) is 0 Å². The summed E-state index contributed by atoms with van der Waals surface area (Å²) in [5, 5.41) is 3.04. The second kappa shape index (κ2) is 15.3. The first-order chi connectivity index (χ1) is 18.3. The molecule has 1 rings (SSSR count). The van der Waals surface area contributed by atoms with Gasteiger partial charge in [0, 0.05) is 58.8 Å². The third kappa shape index (κ3) is 14.6. The van der Waals surface area contributed by atoms with Crippen molar-refractivity contribution in [1.82, 2.24) is 24.9 Å². The van der Waals surface area contributed by atoms with Gasteiger partial charge in [0.05, 0.1) is 0 Å². The highest BCUT2D eigenvalue weighted by atomic mass is 16.6. The Bertz CT molecular complexity index is 801. The van der Waals surface area contributed by atoms with E-state index in [-0.39, 0.29) is 58.3 Å². The van der Waals surface area contributed by atoms with Gasteiger partial charge in [-0.15, -0.1) is 0 Å². The van der Waals surface area contributed by atoms with E-state index in [0.29, 0.717) is 19.4 Å². The van der Waals surface area contributed by atoms with Crippen molar-refractivity contribution in [2.75, 3.05) is 66.0 Å². The zero-order valence-electron chi connectivity index (χ0n) is 26.4. The number of amides is 4. The second-order valence-corrected chi connectivity index (χ2v) is 13.0. The third-order valence-corrected chi connectivity index (χ3v) is 5.68. The van der Waals surface area contributed by atoms with Gasteiger partial charge in [0.2, 0.25) is 5.91 Å². The van der Waals surface area contributed by atoms with Gasteiger partial charge in [-0.25, -0.2) is 14.4 Å². The fraction of sp³-hybridized carbons (Fsp3) is 0.857. The van der Waals surface area contributed by atoms with Crippen molar-refractivity contribution >= 4 is 24.2 Å². The third-order valence-electron chi connectivity index (χ3n) is 5.68. The Hall–Kier alpha value is -2.76. The molecule has 1 heterocycles. The first-order valence-electron chi connectivity index (χ1n) is 14.2. The van der Waals surface area contributed by atoms with Gasteiger partial charge in [0.1, 0.15) is 16.8 Å². The Morgan fingerprint density at radius 1 is 0.550 bits per heavy atom. The average Bonchev–Trinajstić information content (AvgIpc) is 2.75. The fourth-order valence-corrected chi connectivity index (χ4v) is 3.76. The molecule has 1 fully saturated rings. The first kappa shape index (κ1) is 35.3. The van der Waals surface area contributed by atoms with Crippen LogP contribution in [0.1, 0.15) is 75.2 Å². The van der Waals surface area contributed by atoms with Gasteiger partial charge in [-0.05, 0) is 82.3 Å². The molecule has 232 valence electrons. The van der Waals surface area contributed by atoms with Crippen LogP contribution in [0.25, 0.3) is 0 Å². The van der Waals surface area contributed by atoms with Gasteiger partial charge in [-0.2, -0.15) is 0 Å². The molecule has 0 unspecified atom stereocenters. The van der Waals surface area contributed by atoms with E-state index in [0.717, 1.165) is 0 Å². The van der Waals surface area contributed by atoms with Crippen LogP contribution in [-0.2, 0) is 19.0 Å². The number of ether oxygens (including phenoxy) is 3. The molecule has 0 bridgehead atoms. The first-order valence-corrected chi connectivity index (χ1v) is 14.2. The summed E-state index contributed by atoms with van der Waals surface area (Å²) in [5.74, 6) is -0.0593. The molecular formula is C28H53N5O7. The zero-order chi connectivity index (χ0) is 30.7. The molecule has 4 amide bonds. The number of nitrogens with one attached hydrogen (secondary N) is 1. The van der Waals surface area contributed by atoms with Crippen molar-refractivity contribution in [1.29, 1.82) is 0 Å². The highest BCUT2D eigenvalue weighted by Gasteiger charge is 2.30. The van der Waals surface area contributed by atoms with Gasteiger partial charge >= 0.3 is 18.3 Å². The molecule has 0 aromatic carbocycles. The molecule has 0 atom stereocenters. The van der Waals surface area contributed by atoms with Crippen LogP contribution in [0.5, 0.6) is 0 Å². The lowest BCUT2D eigenvalue weighted by Gasteiger charge is -2.36. The zero-order valence-corrected chi connectivity index (χ0v) is 26.4. The maximum absolute atomic E-state index is 13.1. The normalized spacial score (nSPS) is 16.6. The summed E-state index contributed by atoms with van der Waals surface area (Å²) in [6.45, 7) is 18.4. The van der Waals surface area contributed by atoms with Crippen LogP contribution in [0.15, 0.2) is 0 Å². The standard InChI is InChI=1S/C28H53N5O7/c1-26(2,3)38-23(35)31-16-14-30(22(34)12-11-13-29-10)15-17-32(24(36)39-27(4,5)6)19-21-33(20-18-31)25(37)40-28(7,8)9/h29H,11-21H2,1-10H3. The van der Waals surface area contributed by atoms with E-state index in [1.54, 1.807) is 67.2 Å². The Morgan fingerprint density at radius 2 is 0.825 bits per heavy atom. The summed E-state index contributed by atoms with van der Waals surface area (Å²) in [7, 11) is 1.83. The number of hydrogen-bond donors (Lipinski definition) is 1. The lowest BCUT2D eigenvalue weighted by atomic mass is 10.2. The highest BCUT2D eigenvalue weighted by molar-refractivity contribution is 5.76. The monoisotopic (exact) mass is 571 g/mol. The van der Waals surface area contributed by atoms with Gasteiger partial charge in [-0.1, -0.05) is 0 Å². The Balaban J connectivity index is 3.29.